The van der Waals surface area contributed by atoms with Gasteiger partial charge in [-0.25, -0.2) is 8.42 Å². The van der Waals surface area contributed by atoms with Gasteiger partial charge in [0, 0.05) is 5.41 Å². The Morgan fingerprint density at radius 1 is 0.842 bits per heavy atom. The van der Waals surface area contributed by atoms with Gasteiger partial charge in [-0.3, -0.25) is 0 Å². The molecule has 3 heteroatoms. The molecule has 2 rings (SSSR count). The molecule has 0 spiro atoms. The Labute approximate surface area is 114 Å². The standard InChI is InChI=1S/C16H16O2S/c17-19(18,16-12-5-2-6-13-16)14-8-7-11-15-9-3-1-4-10-15/h1-6,8-10,12-14H,7,11H2/b14-8-. The van der Waals surface area contributed by atoms with Crippen LogP contribution in [0.3, 0.4) is 0 Å². The molecule has 0 unspecified atom stereocenters. The highest BCUT2D eigenvalue weighted by Crippen LogP contribution is 2.12. The van der Waals surface area contributed by atoms with Crippen molar-refractivity contribution in [3.63, 3.8) is 0 Å². The molecule has 0 bridgehead atoms. The fourth-order valence-corrected chi connectivity index (χ4v) is 2.86. The van der Waals surface area contributed by atoms with Crippen LogP contribution in [0.2, 0.25) is 0 Å². The highest BCUT2D eigenvalue weighted by Gasteiger charge is 2.08. The molecule has 0 N–H and O–H groups in total. The number of benzene rings is 2. The van der Waals surface area contributed by atoms with Crippen LogP contribution in [-0.2, 0) is 16.3 Å². The van der Waals surface area contributed by atoms with Crippen LogP contribution in [0.1, 0.15) is 12.0 Å². The maximum absolute atomic E-state index is 12.0. The first kappa shape index (κ1) is 13.6. The fraction of sp³-hybridized carbons (Fsp3) is 0.125. The van der Waals surface area contributed by atoms with E-state index in [9.17, 15) is 8.42 Å². The maximum atomic E-state index is 12.0. The first-order valence-corrected chi connectivity index (χ1v) is 7.74. The summed E-state index contributed by atoms with van der Waals surface area (Å²) >= 11 is 0. The van der Waals surface area contributed by atoms with Crippen molar-refractivity contribution in [2.24, 2.45) is 0 Å². The normalized spacial score (nSPS) is 11.8. The predicted molar refractivity (Wildman–Crippen MR) is 77.5 cm³/mol. The van der Waals surface area contributed by atoms with Gasteiger partial charge < -0.3 is 0 Å². The molecule has 0 aliphatic heterocycles. The molecule has 19 heavy (non-hydrogen) atoms. The molecule has 0 saturated heterocycles. The second-order valence-corrected chi connectivity index (χ2v) is 6.09. The molecule has 0 radical (unpaired) electrons. The minimum absolute atomic E-state index is 0.339. The highest BCUT2D eigenvalue weighted by molar-refractivity contribution is 7.94. The number of aryl methyl sites for hydroxylation is 1. The molecular formula is C16H16O2S. The van der Waals surface area contributed by atoms with Crippen molar-refractivity contribution in [1.82, 2.24) is 0 Å². The van der Waals surface area contributed by atoms with Gasteiger partial charge in [-0.2, -0.15) is 0 Å². The van der Waals surface area contributed by atoms with Gasteiger partial charge in [0.05, 0.1) is 4.90 Å². The Morgan fingerprint density at radius 3 is 2.05 bits per heavy atom. The topological polar surface area (TPSA) is 34.1 Å². The van der Waals surface area contributed by atoms with Gasteiger partial charge in [-0.1, -0.05) is 54.6 Å². The minimum Gasteiger partial charge on any atom is -0.219 e. The second-order valence-electron chi connectivity index (χ2n) is 4.25. The van der Waals surface area contributed by atoms with Crippen LogP contribution in [0, 0.1) is 0 Å². The monoisotopic (exact) mass is 272 g/mol. The molecule has 0 aliphatic rings. The molecule has 98 valence electrons. The van der Waals surface area contributed by atoms with Crippen LogP contribution in [0.5, 0.6) is 0 Å². The molecule has 0 aromatic heterocycles. The smallest absolute Gasteiger partial charge is 0.199 e. The van der Waals surface area contributed by atoms with Crippen LogP contribution in [0.15, 0.2) is 77.0 Å². The van der Waals surface area contributed by atoms with E-state index in [1.807, 2.05) is 30.3 Å². The van der Waals surface area contributed by atoms with Gasteiger partial charge in [-0.15, -0.1) is 0 Å². The number of rotatable bonds is 5. The van der Waals surface area contributed by atoms with Crippen molar-refractivity contribution in [1.29, 1.82) is 0 Å². The zero-order valence-corrected chi connectivity index (χ0v) is 11.4. The summed E-state index contributed by atoms with van der Waals surface area (Å²) in [5, 5.41) is 1.30. The zero-order valence-electron chi connectivity index (χ0n) is 10.6. The molecule has 0 amide bonds. The fourth-order valence-electron chi connectivity index (χ4n) is 1.78. The van der Waals surface area contributed by atoms with E-state index in [4.69, 9.17) is 0 Å². The Morgan fingerprint density at radius 2 is 1.42 bits per heavy atom. The third-order valence-electron chi connectivity index (χ3n) is 2.79. The van der Waals surface area contributed by atoms with Gasteiger partial charge in [0.25, 0.3) is 0 Å². The number of hydrogen-bond acceptors (Lipinski definition) is 2. The largest absolute Gasteiger partial charge is 0.219 e. The lowest BCUT2D eigenvalue weighted by Crippen LogP contribution is -1.95. The summed E-state index contributed by atoms with van der Waals surface area (Å²) < 4.78 is 23.9. The zero-order chi connectivity index (χ0) is 13.6. The SMILES string of the molecule is O=S(=O)(/C=C\CCc1ccccc1)c1ccccc1. The number of allylic oxidation sites excluding steroid dienone is 1. The van der Waals surface area contributed by atoms with E-state index < -0.39 is 9.84 Å². The summed E-state index contributed by atoms with van der Waals surface area (Å²) in [7, 11) is -3.30. The molecular weight excluding hydrogens is 256 g/mol. The maximum Gasteiger partial charge on any atom is 0.199 e. The predicted octanol–water partition coefficient (Wildman–Crippen LogP) is 3.61. The van der Waals surface area contributed by atoms with Crippen molar-refractivity contribution < 1.29 is 8.42 Å². The van der Waals surface area contributed by atoms with Crippen LogP contribution < -0.4 is 0 Å². The van der Waals surface area contributed by atoms with Crippen molar-refractivity contribution in [2.75, 3.05) is 0 Å². The molecule has 2 aromatic carbocycles. The lowest BCUT2D eigenvalue weighted by atomic mass is 10.1. The molecule has 2 aromatic rings. The minimum atomic E-state index is -3.30. The first-order valence-electron chi connectivity index (χ1n) is 6.19. The molecule has 0 atom stereocenters. The van der Waals surface area contributed by atoms with E-state index in [-0.39, 0.29) is 0 Å². The summed E-state index contributed by atoms with van der Waals surface area (Å²) in [4.78, 5) is 0.339. The Bertz CT molecular complexity index is 629. The van der Waals surface area contributed by atoms with Crippen LogP contribution >= 0.6 is 0 Å². The summed E-state index contributed by atoms with van der Waals surface area (Å²) in [6, 6.07) is 18.5. The van der Waals surface area contributed by atoms with E-state index >= 15 is 0 Å². The van der Waals surface area contributed by atoms with E-state index in [0.29, 0.717) is 4.90 Å². The average molecular weight is 272 g/mol. The lowest BCUT2D eigenvalue weighted by Gasteiger charge is -1.99. The molecule has 2 nitrogen and oxygen atoms in total. The van der Waals surface area contributed by atoms with E-state index in [2.05, 4.69) is 0 Å². The highest BCUT2D eigenvalue weighted by atomic mass is 32.2. The van der Waals surface area contributed by atoms with Crippen LogP contribution in [0.25, 0.3) is 0 Å². The van der Waals surface area contributed by atoms with Gasteiger partial charge >= 0.3 is 0 Å². The summed E-state index contributed by atoms with van der Waals surface area (Å²) in [5.41, 5.74) is 1.21. The third-order valence-corrected chi connectivity index (χ3v) is 4.27. The Kier molecular flexibility index (Phi) is 4.53. The van der Waals surface area contributed by atoms with Crippen molar-refractivity contribution in [2.45, 2.75) is 17.7 Å². The number of sulfone groups is 1. The molecule has 0 fully saturated rings. The van der Waals surface area contributed by atoms with E-state index in [0.717, 1.165) is 12.8 Å². The third kappa shape index (κ3) is 4.07. The lowest BCUT2D eigenvalue weighted by molar-refractivity contribution is 0.604. The van der Waals surface area contributed by atoms with Crippen molar-refractivity contribution in [3.05, 3.63) is 77.7 Å². The van der Waals surface area contributed by atoms with Crippen LogP contribution in [-0.4, -0.2) is 8.42 Å². The second kappa shape index (κ2) is 6.34. The van der Waals surface area contributed by atoms with Gasteiger partial charge in [0.15, 0.2) is 9.84 Å². The average Bonchev–Trinajstić information content (AvgIpc) is 2.46. The number of hydrogen-bond donors (Lipinski definition) is 0. The van der Waals surface area contributed by atoms with Crippen molar-refractivity contribution >= 4 is 9.84 Å². The van der Waals surface area contributed by atoms with Gasteiger partial charge in [0.1, 0.15) is 0 Å². The van der Waals surface area contributed by atoms with Gasteiger partial charge in [0.2, 0.25) is 0 Å². The van der Waals surface area contributed by atoms with Crippen molar-refractivity contribution in [3.8, 4) is 0 Å². The summed E-state index contributed by atoms with van der Waals surface area (Å²) in [5.74, 6) is 0. The molecule has 0 aliphatic carbocycles. The Hall–Kier alpha value is -1.87. The van der Waals surface area contributed by atoms with E-state index in [1.165, 1.54) is 11.0 Å². The first-order chi connectivity index (χ1) is 9.18. The summed E-state index contributed by atoms with van der Waals surface area (Å²) in [6.45, 7) is 0. The van der Waals surface area contributed by atoms with Gasteiger partial charge in [-0.05, 0) is 30.5 Å². The molecule has 0 saturated carbocycles. The van der Waals surface area contributed by atoms with E-state index in [1.54, 1.807) is 36.4 Å². The van der Waals surface area contributed by atoms with Crippen LogP contribution in [0.4, 0.5) is 0 Å². The Balaban J connectivity index is 1.96. The molecule has 0 heterocycles. The summed E-state index contributed by atoms with van der Waals surface area (Å²) in [6.07, 6.45) is 3.28. The quantitative estimate of drug-likeness (QED) is 0.833.